The third kappa shape index (κ3) is 1.84. The topological polar surface area (TPSA) is 26.3 Å². The van der Waals surface area contributed by atoms with Crippen molar-refractivity contribution >= 4 is 5.97 Å². The lowest BCUT2D eigenvalue weighted by Gasteiger charge is -2.06. The standard InChI is InChI=1S/C10H11O2/c1-7-5-4-6-10(8(7)2)12-9(3)11/h4,6H,1-3H3. The molecule has 1 radical (unpaired) electrons. The summed E-state index contributed by atoms with van der Waals surface area (Å²) in [6, 6.07) is 6.51. The Morgan fingerprint density at radius 3 is 2.75 bits per heavy atom. The van der Waals surface area contributed by atoms with Crippen LogP contribution in [-0.2, 0) is 4.79 Å². The van der Waals surface area contributed by atoms with E-state index in [1.165, 1.54) is 6.92 Å². The summed E-state index contributed by atoms with van der Waals surface area (Å²) in [6.07, 6.45) is 0. The SMILES string of the molecule is CC(=O)Oc1cc[c]c(C)c1C. The van der Waals surface area contributed by atoms with Crippen LogP contribution in [0.4, 0.5) is 0 Å². The molecule has 1 rings (SSSR count). The van der Waals surface area contributed by atoms with Gasteiger partial charge in [0.25, 0.3) is 0 Å². The second-order valence-corrected chi connectivity index (χ2v) is 2.69. The van der Waals surface area contributed by atoms with Crippen molar-refractivity contribution in [2.24, 2.45) is 0 Å². The van der Waals surface area contributed by atoms with Crippen LogP contribution in [-0.4, -0.2) is 5.97 Å². The Bertz CT molecular complexity index is 303. The highest BCUT2D eigenvalue weighted by Crippen LogP contribution is 2.19. The lowest BCUT2D eigenvalue weighted by atomic mass is 10.1. The van der Waals surface area contributed by atoms with Crippen LogP contribution < -0.4 is 4.74 Å². The molecule has 0 unspecified atom stereocenters. The van der Waals surface area contributed by atoms with Gasteiger partial charge in [-0.1, -0.05) is 6.07 Å². The minimum Gasteiger partial charge on any atom is -0.426 e. The zero-order valence-corrected chi connectivity index (χ0v) is 7.47. The first-order chi connectivity index (χ1) is 5.61. The van der Waals surface area contributed by atoms with E-state index in [-0.39, 0.29) is 5.97 Å². The van der Waals surface area contributed by atoms with Crippen LogP contribution in [0.2, 0.25) is 0 Å². The van der Waals surface area contributed by atoms with E-state index in [2.05, 4.69) is 6.07 Å². The quantitative estimate of drug-likeness (QED) is 0.467. The molecule has 0 aliphatic heterocycles. The van der Waals surface area contributed by atoms with E-state index in [0.717, 1.165) is 11.1 Å². The number of carbonyl (C=O) groups excluding carboxylic acids is 1. The van der Waals surface area contributed by atoms with Gasteiger partial charge in [-0.2, -0.15) is 0 Å². The number of carbonyl (C=O) groups is 1. The highest BCUT2D eigenvalue weighted by Gasteiger charge is 2.03. The Labute approximate surface area is 72.2 Å². The van der Waals surface area contributed by atoms with Gasteiger partial charge in [0.15, 0.2) is 0 Å². The molecule has 0 amide bonds. The number of esters is 1. The number of ether oxygens (including phenoxy) is 1. The summed E-state index contributed by atoms with van der Waals surface area (Å²) in [6.45, 7) is 5.23. The second kappa shape index (κ2) is 3.39. The molecule has 0 N–H and O–H groups in total. The van der Waals surface area contributed by atoms with Crippen LogP contribution in [0, 0.1) is 19.9 Å². The molecule has 0 saturated carbocycles. The van der Waals surface area contributed by atoms with Crippen molar-refractivity contribution in [2.45, 2.75) is 20.8 Å². The van der Waals surface area contributed by atoms with Crippen LogP contribution in [0.5, 0.6) is 5.75 Å². The molecule has 0 bridgehead atoms. The van der Waals surface area contributed by atoms with Gasteiger partial charge in [0, 0.05) is 6.92 Å². The van der Waals surface area contributed by atoms with Gasteiger partial charge in [-0.25, -0.2) is 0 Å². The fourth-order valence-corrected chi connectivity index (χ4v) is 0.926. The van der Waals surface area contributed by atoms with E-state index in [1.807, 2.05) is 13.8 Å². The molecule has 2 nitrogen and oxygen atoms in total. The Hall–Kier alpha value is -1.31. The molecule has 0 spiro atoms. The van der Waals surface area contributed by atoms with Crippen molar-refractivity contribution in [1.29, 1.82) is 0 Å². The molecular weight excluding hydrogens is 152 g/mol. The van der Waals surface area contributed by atoms with Crippen molar-refractivity contribution in [3.63, 3.8) is 0 Å². The highest BCUT2D eigenvalue weighted by molar-refractivity contribution is 5.69. The number of aryl methyl sites for hydroxylation is 1. The van der Waals surface area contributed by atoms with Gasteiger partial charge in [-0.05, 0) is 37.1 Å². The molecule has 0 fully saturated rings. The van der Waals surface area contributed by atoms with E-state index in [1.54, 1.807) is 12.1 Å². The molecular formula is C10H11O2. The third-order valence-corrected chi connectivity index (χ3v) is 1.72. The summed E-state index contributed by atoms with van der Waals surface area (Å²) < 4.78 is 4.97. The maximum absolute atomic E-state index is 10.6. The molecule has 0 saturated heterocycles. The third-order valence-electron chi connectivity index (χ3n) is 1.72. The molecule has 1 aromatic rings. The maximum atomic E-state index is 10.6. The zero-order valence-electron chi connectivity index (χ0n) is 7.47. The lowest BCUT2D eigenvalue weighted by molar-refractivity contribution is -0.131. The van der Waals surface area contributed by atoms with Crippen molar-refractivity contribution in [3.8, 4) is 5.75 Å². The summed E-state index contributed by atoms with van der Waals surface area (Å²) in [4.78, 5) is 10.6. The fraction of sp³-hybridized carbons (Fsp3) is 0.300. The number of benzene rings is 1. The summed E-state index contributed by atoms with van der Waals surface area (Å²) in [5.74, 6) is 0.336. The minimum absolute atomic E-state index is 0.288. The van der Waals surface area contributed by atoms with Crippen LogP contribution in [0.15, 0.2) is 12.1 Å². The maximum Gasteiger partial charge on any atom is 0.308 e. The molecule has 1 aromatic carbocycles. The van der Waals surface area contributed by atoms with Gasteiger partial charge >= 0.3 is 5.97 Å². The monoisotopic (exact) mass is 163 g/mol. The average Bonchev–Trinajstić information content (AvgIpc) is 1.98. The number of hydrogen-bond donors (Lipinski definition) is 0. The van der Waals surface area contributed by atoms with Gasteiger partial charge in [0.1, 0.15) is 5.75 Å². The predicted octanol–water partition coefficient (Wildman–Crippen LogP) is 2.03. The minimum atomic E-state index is -0.288. The largest absolute Gasteiger partial charge is 0.426 e. The highest BCUT2D eigenvalue weighted by atomic mass is 16.5. The summed E-state index contributed by atoms with van der Waals surface area (Å²) >= 11 is 0. The van der Waals surface area contributed by atoms with Gasteiger partial charge in [0.2, 0.25) is 0 Å². The Kier molecular flexibility index (Phi) is 2.48. The predicted molar refractivity (Wildman–Crippen MR) is 46.1 cm³/mol. The van der Waals surface area contributed by atoms with Crippen LogP contribution in [0.1, 0.15) is 18.1 Å². The summed E-state index contributed by atoms with van der Waals surface area (Å²) in [5.41, 5.74) is 1.97. The van der Waals surface area contributed by atoms with E-state index >= 15 is 0 Å². The Balaban J connectivity index is 3.00. The second-order valence-electron chi connectivity index (χ2n) is 2.69. The van der Waals surface area contributed by atoms with Crippen molar-refractivity contribution in [2.75, 3.05) is 0 Å². The normalized spacial score (nSPS) is 9.58. The molecule has 0 atom stereocenters. The fourth-order valence-electron chi connectivity index (χ4n) is 0.926. The molecule has 2 heteroatoms. The van der Waals surface area contributed by atoms with Gasteiger partial charge in [0.05, 0.1) is 0 Å². The molecule has 63 valence electrons. The van der Waals surface area contributed by atoms with Crippen molar-refractivity contribution in [1.82, 2.24) is 0 Å². The lowest BCUT2D eigenvalue weighted by Crippen LogP contribution is -2.03. The zero-order chi connectivity index (χ0) is 9.14. The van der Waals surface area contributed by atoms with E-state index in [4.69, 9.17) is 4.74 Å². The van der Waals surface area contributed by atoms with Crippen molar-refractivity contribution < 1.29 is 9.53 Å². The van der Waals surface area contributed by atoms with Gasteiger partial charge < -0.3 is 4.74 Å². The first-order valence-corrected chi connectivity index (χ1v) is 3.77. The molecule has 0 aliphatic carbocycles. The molecule has 0 aliphatic rings. The van der Waals surface area contributed by atoms with E-state index in [0.29, 0.717) is 5.75 Å². The summed E-state index contributed by atoms with van der Waals surface area (Å²) in [5, 5.41) is 0. The van der Waals surface area contributed by atoms with Crippen LogP contribution in [0.25, 0.3) is 0 Å². The van der Waals surface area contributed by atoms with Crippen LogP contribution in [0.3, 0.4) is 0 Å². The van der Waals surface area contributed by atoms with E-state index < -0.39 is 0 Å². The first kappa shape index (κ1) is 8.78. The molecule has 0 heterocycles. The molecule has 0 aromatic heterocycles. The number of rotatable bonds is 1. The Morgan fingerprint density at radius 2 is 2.17 bits per heavy atom. The smallest absolute Gasteiger partial charge is 0.308 e. The van der Waals surface area contributed by atoms with Crippen LogP contribution >= 0.6 is 0 Å². The van der Waals surface area contributed by atoms with E-state index in [9.17, 15) is 4.79 Å². The first-order valence-electron chi connectivity index (χ1n) is 3.77. The van der Waals surface area contributed by atoms with Crippen molar-refractivity contribution in [3.05, 3.63) is 29.3 Å². The average molecular weight is 163 g/mol. The Morgan fingerprint density at radius 1 is 1.50 bits per heavy atom. The summed E-state index contributed by atoms with van der Waals surface area (Å²) in [7, 11) is 0. The molecule has 12 heavy (non-hydrogen) atoms. The van der Waals surface area contributed by atoms with Gasteiger partial charge in [-0.15, -0.1) is 0 Å². The number of hydrogen-bond acceptors (Lipinski definition) is 2. The van der Waals surface area contributed by atoms with Gasteiger partial charge in [-0.3, -0.25) is 4.79 Å².